The lowest BCUT2D eigenvalue weighted by atomic mass is 9.90. The maximum Gasteiger partial charge on any atom is 0.0343 e. The van der Waals surface area contributed by atoms with E-state index in [0.29, 0.717) is 5.92 Å². The molecule has 0 heterocycles. The van der Waals surface area contributed by atoms with Gasteiger partial charge in [-0.1, -0.05) is 37.3 Å². The molecule has 0 saturated heterocycles. The summed E-state index contributed by atoms with van der Waals surface area (Å²) in [6.45, 7) is 4.20. The van der Waals surface area contributed by atoms with Crippen LogP contribution in [0.5, 0.6) is 0 Å². The molecule has 1 aromatic rings. The number of rotatable bonds is 2. The topological polar surface area (TPSA) is 52.0 Å². The molecule has 1 aliphatic rings. The van der Waals surface area contributed by atoms with Gasteiger partial charge in [-0.3, -0.25) is 0 Å². The van der Waals surface area contributed by atoms with Crippen molar-refractivity contribution in [3.8, 4) is 0 Å². The smallest absolute Gasteiger partial charge is 0.0343 e. The number of nitrogens with two attached hydrogens (primary N) is 2. The van der Waals surface area contributed by atoms with Crippen LogP contribution in [0.3, 0.4) is 0 Å². The summed E-state index contributed by atoms with van der Waals surface area (Å²) in [4.78, 5) is 0. The molecular weight excluding hydrogens is 208 g/mol. The number of allylic oxidation sites excluding steroid dienone is 2. The van der Waals surface area contributed by atoms with Crippen LogP contribution < -0.4 is 11.5 Å². The van der Waals surface area contributed by atoms with Crippen LogP contribution in [0.1, 0.15) is 18.1 Å². The third kappa shape index (κ3) is 2.77. The first-order chi connectivity index (χ1) is 8.06. The molecule has 0 aromatic heterocycles. The fraction of sp³-hybridized carbons (Fsp3) is 0.333. The van der Waals surface area contributed by atoms with Crippen LogP contribution in [0.2, 0.25) is 0 Å². The maximum atomic E-state index is 5.93. The molecular formula is C15H20N2. The molecule has 4 N–H and O–H groups in total. The Morgan fingerprint density at radius 2 is 2.06 bits per heavy atom. The summed E-state index contributed by atoms with van der Waals surface area (Å²) in [5, 5.41) is 0. The molecule has 2 rings (SSSR count). The van der Waals surface area contributed by atoms with E-state index in [2.05, 4.69) is 37.3 Å². The summed E-state index contributed by atoms with van der Waals surface area (Å²) < 4.78 is 0. The lowest BCUT2D eigenvalue weighted by molar-refractivity contribution is 0.618. The average Bonchev–Trinajstić information content (AvgIpc) is 2.29. The van der Waals surface area contributed by atoms with Gasteiger partial charge in [0.05, 0.1) is 0 Å². The molecule has 0 radical (unpaired) electrons. The monoisotopic (exact) mass is 228 g/mol. The van der Waals surface area contributed by atoms with Crippen LogP contribution >= 0.6 is 0 Å². The zero-order chi connectivity index (χ0) is 12.4. The highest BCUT2D eigenvalue weighted by molar-refractivity contribution is 5.48. The van der Waals surface area contributed by atoms with Crippen LogP contribution in [0.15, 0.2) is 42.0 Å². The summed E-state index contributed by atoms with van der Waals surface area (Å²) in [6, 6.07) is 6.39. The van der Waals surface area contributed by atoms with E-state index in [0.717, 1.165) is 17.7 Å². The number of aryl methyl sites for hydroxylation is 1. The van der Waals surface area contributed by atoms with Crippen molar-refractivity contribution in [2.24, 2.45) is 11.7 Å². The lowest BCUT2D eigenvalue weighted by Gasteiger charge is -2.19. The molecule has 2 atom stereocenters. The van der Waals surface area contributed by atoms with Crippen LogP contribution in [0.4, 0.5) is 5.69 Å². The van der Waals surface area contributed by atoms with Crippen molar-refractivity contribution in [1.82, 2.24) is 0 Å². The second kappa shape index (κ2) is 4.76. The second-order valence-electron chi connectivity index (χ2n) is 4.90. The quantitative estimate of drug-likeness (QED) is 0.764. The molecule has 0 amide bonds. The molecule has 2 nitrogen and oxygen atoms in total. The summed E-state index contributed by atoms with van der Waals surface area (Å²) in [7, 11) is 0. The van der Waals surface area contributed by atoms with E-state index in [1.54, 1.807) is 0 Å². The minimum Gasteiger partial charge on any atom is -0.399 e. The summed E-state index contributed by atoms with van der Waals surface area (Å²) >= 11 is 0. The van der Waals surface area contributed by atoms with Gasteiger partial charge in [0.25, 0.3) is 0 Å². The normalized spacial score (nSPS) is 23.6. The molecule has 0 saturated carbocycles. The fourth-order valence-electron chi connectivity index (χ4n) is 2.12. The minimum absolute atomic E-state index is 0.159. The van der Waals surface area contributed by atoms with E-state index in [1.165, 1.54) is 11.1 Å². The Morgan fingerprint density at radius 1 is 1.29 bits per heavy atom. The van der Waals surface area contributed by atoms with Crippen molar-refractivity contribution in [2.75, 3.05) is 5.73 Å². The molecule has 1 aromatic carbocycles. The van der Waals surface area contributed by atoms with Gasteiger partial charge in [-0.2, -0.15) is 0 Å². The van der Waals surface area contributed by atoms with Crippen LogP contribution in [-0.4, -0.2) is 6.04 Å². The highest BCUT2D eigenvalue weighted by Gasteiger charge is 2.12. The van der Waals surface area contributed by atoms with Gasteiger partial charge in [0.15, 0.2) is 0 Å². The largest absolute Gasteiger partial charge is 0.399 e. The van der Waals surface area contributed by atoms with Crippen molar-refractivity contribution in [3.63, 3.8) is 0 Å². The van der Waals surface area contributed by atoms with E-state index >= 15 is 0 Å². The van der Waals surface area contributed by atoms with Crippen molar-refractivity contribution in [3.05, 3.63) is 53.1 Å². The highest BCUT2D eigenvalue weighted by atomic mass is 14.6. The van der Waals surface area contributed by atoms with Gasteiger partial charge >= 0.3 is 0 Å². The molecule has 0 bridgehead atoms. The summed E-state index contributed by atoms with van der Waals surface area (Å²) in [5.74, 6) is 0.421. The Morgan fingerprint density at radius 3 is 2.71 bits per heavy atom. The highest BCUT2D eigenvalue weighted by Crippen LogP contribution is 2.21. The Bertz CT molecular complexity index is 472. The van der Waals surface area contributed by atoms with Gasteiger partial charge in [-0.05, 0) is 42.0 Å². The molecule has 0 spiro atoms. The lowest BCUT2D eigenvalue weighted by Crippen LogP contribution is -2.26. The Labute approximate surface area is 103 Å². The van der Waals surface area contributed by atoms with Gasteiger partial charge in [-0.15, -0.1) is 0 Å². The zero-order valence-electron chi connectivity index (χ0n) is 10.5. The number of benzene rings is 1. The van der Waals surface area contributed by atoms with E-state index in [9.17, 15) is 0 Å². The third-order valence-corrected chi connectivity index (χ3v) is 3.36. The average molecular weight is 228 g/mol. The first-order valence-electron chi connectivity index (χ1n) is 6.06. The molecule has 90 valence electrons. The van der Waals surface area contributed by atoms with Gasteiger partial charge in [0, 0.05) is 11.7 Å². The van der Waals surface area contributed by atoms with E-state index in [4.69, 9.17) is 11.5 Å². The predicted molar refractivity (Wildman–Crippen MR) is 73.7 cm³/mol. The van der Waals surface area contributed by atoms with Crippen LogP contribution in [-0.2, 0) is 6.42 Å². The Kier molecular flexibility index (Phi) is 3.34. The number of hydrogen-bond donors (Lipinski definition) is 2. The van der Waals surface area contributed by atoms with E-state index < -0.39 is 0 Å². The van der Waals surface area contributed by atoms with Crippen molar-refractivity contribution >= 4 is 5.69 Å². The first kappa shape index (κ1) is 11.9. The Balaban J connectivity index is 2.14. The molecule has 1 aliphatic carbocycles. The van der Waals surface area contributed by atoms with Crippen molar-refractivity contribution in [2.45, 2.75) is 26.3 Å². The Hall–Kier alpha value is -1.54. The van der Waals surface area contributed by atoms with Gasteiger partial charge in [0.2, 0.25) is 0 Å². The number of hydrogen-bond acceptors (Lipinski definition) is 2. The fourth-order valence-corrected chi connectivity index (χ4v) is 2.12. The number of anilines is 1. The number of nitrogen functional groups attached to an aromatic ring is 1. The van der Waals surface area contributed by atoms with Crippen LogP contribution in [0.25, 0.3) is 0 Å². The molecule has 2 unspecified atom stereocenters. The van der Waals surface area contributed by atoms with Crippen LogP contribution in [0, 0.1) is 12.8 Å². The third-order valence-electron chi connectivity index (χ3n) is 3.36. The molecule has 2 heteroatoms. The van der Waals surface area contributed by atoms with E-state index in [1.807, 2.05) is 13.0 Å². The maximum absolute atomic E-state index is 5.93. The van der Waals surface area contributed by atoms with Crippen molar-refractivity contribution in [1.29, 1.82) is 0 Å². The van der Waals surface area contributed by atoms with Gasteiger partial charge < -0.3 is 11.5 Å². The molecule has 17 heavy (non-hydrogen) atoms. The second-order valence-corrected chi connectivity index (χ2v) is 4.90. The predicted octanol–water partition coefficient (Wildman–Crippen LogP) is 2.58. The van der Waals surface area contributed by atoms with Gasteiger partial charge in [0.1, 0.15) is 0 Å². The standard InChI is InChI=1S/C15H20N2/c1-10-7-12(3-5-14(10)16)9-13-4-6-15(17)11(2)8-13/h3-8,10,14H,9,16-17H2,1-2H3. The zero-order valence-corrected chi connectivity index (χ0v) is 10.5. The minimum atomic E-state index is 0.159. The first-order valence-corrected chi connectivity index (χ1v) is 6.06. The SMILES string of the molecule is Cc1cc(CC2=CC(C)C(N)C=C2)ccc1N. The summed E-state index contributed by atoms with van der Waals surface area (Å²) in [6.07, 6.45) is 7.44. The molecule has 0 fully saturated rings. The molecule has 0 aliphatic heterocycles. The van der Waals surface area contributed by atoms with E-state index in [-0.39, 0.29) is 6.04 Å². The van der Waals surface area contributed by atoms with Gasteiger partial charge in [-0.25, -0.2) is 0 Å². The van der Waals surface area contributed by atoms with Crippen molar-refractivity contribution < 1.29 is 0 Å². The summed E-state index contributed by atoms with van der Waals surface area (Å²) in [5.41, 5.74) is 16.4.